The molecule has 0 fully saturated rings. The number of rotatable bonds is 1. The van der Waals surface area contributed by atoms with Crippen LogP contribution >= 0.6 is 0 Å². The van der Waals surface area contributed by atoms with E-state index in [-0.39, 0.29) is 5.71 Å². The molecule has 6 nitrogen and oxygen atoms in total. The molecule has 6 aromatic rings. The zero-order chi connectivity index (χ0) is 26.5. The summed E-state index contributed by atoms with van der Waals surface area (Å²) in [7, 11) is 0. The summed E-state index contributed by atoms with van der Waals surface area (Å²) in [6.07, 6.45) is 10.0. The molecule has 4 aromatic carbocycles. The average Bonchev–Trinajstić information content (AvgIpc) is 3.51. The summed E-state index contributed by atoms with van der Waals surface area (Å²) in [5, 5.41) is 17.2. The van der Waals surface area contributed by atoms with Crippen molar-refractivity contribution in [2.45, 2.75) is 12.8 Å². The minimum atomic E-state index is 0.286. The Labute approximate surface area is 225 Å². The Kier molecular flexibility index (Phi) is 5.27. The lowest BCUT2D eigenvalue weighted by Crippen LogP contribution is -2.15. The monoisotopic (exact) mass is 506 g/mol. The molecule has 2 aromatic heterocycles. The first-order chi connectivity index (χ1) is 19.1. The molecule has 0 saturated heterocycles. The maximum absolute atomic E-state index is 7.60. The van der Waals surface area contributed by atoms with Crippen LogP contribution in [0.2, 0.25) is 0 Å². The summed E-state index contributed by atoms with van der Waals surface area (Å²) in [6.45, 7) is 0. The number of hydrogen-bond acceptors (Lipinski definition) is 4. The summed E-state index contributed by atoms with van der Waals surface area (Å²) in [6, 6.07) is 28.6. The summed E-state index contributed by atoms with van der Waals surface area (Å²) in [5.74, 6) is 0.961. The van der Waals surface area contributed by atoms with Gasteiger partial charge in [-0.05, 0) is 54.8 Å². The first-order valence-corrected chi connectivity index (χ1v) is 13.0. The molecule has 0 bridgehead atoms. The number of fused-ring (bicyclic) bond motifs is 7. The van der Waals surface area contributed by atoms with E-state index in [1.165, 1.54) is 16.9 Å². The topological polar surface area (TPSA) is 96.0 Å². The first-order valence-electron chi connectivity index (χ1n) is 13.0. The zero-order valence-corrected chi connectivity index (χ0v) is 21.2. The second-order valence-electron chi connectivity index (χ2n) is 9.77. The molecule has 39 heavy (non-hydrogen) atoms. The highest BCUT2D eigenvalue weighted by Crippen LogP contribution is 2.34. The lowest BCUT2D eigenvalue weighted by Gasteiger charge is -2.11. The molecule has 188 valence electrons. The maximum Gasteiger partial charge on any atom is 0.220 e. The van der Waals surface area contributed by atoms with Crippen molar-refractivity contribution >= 4 is 56.8 Å². The fourth-order valence-corrected chi connectivity index (χ4v) is 5.58. The van der Waals surface area contributed by atoms with Crippen molar-refractivity contribution in [3.63, 3.8) is 0 Å². The lowest BCUT2D eigenvalue weighted by atomic mass is 9.94. The Morgan fingerprint density at radius 3 is 2.36 bits per heavy atom. The molecule has 8 rings (SSSR count). The first kappa shape index (κ1) is 22.9. The summed E-state index contributed by atoms with van der Waals surface area (Å²) in [4.78, 5) is 5.04. The van der Waals surface area contributed by atoms with Crippen LogP contribution in [0.25, 0.3) is 45.4 Å². The SMILES string of the molecule is N=C1C=Cc2ccccc2C1=N.Nc1ccc(-n2c3ccccc3n3c4c(nc23)CCC=C4)c2ccccc12. The van der Waals surface area contributed by atoms with E-state index in [2.05, 4.69) is 69.7 Å². The molecule has 6 heteroatoms. The highest BCUT2D eigenvalue weighted by atomic mass is 15.2. The van der Waals surface area contributed by atoms with Gasteiger partial charge in [0, 0.05) is 22.0 Å². The van der Waals surface area contributed by atoms with E-state index in [0.29, 0.717) is 5.71 Å². The number of allylic oxidation sites excluding steroid dienone is 2. The van der Waals surface area contributed by atoms with Crippen molar-refractivity contribution < 1.29 is 0 Å². The van der Waals surface area contributed by atoms with E-state index in [1.54, 1.807) is 6.08 Å². The van der Waals surface area contributed by atoms with Crippen LogP contribution in [0.1, 0.15) is 28.9 Å². The van der Waals surface area contributed by atoms with Crippen molar-refractivity contribution in [3.05, 3.63) is 120 Å². The van der Waals surface area contributed by atoms with E-state index < -0.39 is 0 Å². The minimum absolute atomic E-state index is 0.286. The van der Waals surface area contributed by atoms with Crippen LogP contribution in [-0.4, -0.2) is 25.4 Å². The number of nitrogens with one attached hydrogen (secondary N) is 2. The van der Waals surface area contributed by atoms with Crippen molar-refractivity contribution in [2.24, 2.45) is 0 Å². The second kappa shape index (κ2) is 8.96. The van der Waals surface area contributed by atoms with Crippen molar-refractivity contribution in [2.75, 3.05) is 5.73 Å². The Hall–Kier alpha value is -5.23. The van der Waals surface area contributed by atoms with Crippen LogP contribution in [0, 0.1) is 10.8 Å². The highest BCUT2D eigenvalue weighted by Gasteiger charge is 2.21. The van der Waals surface area contributed by atoms with Crippen LogP contribution in [0.4, 0.5) is 5.69 Å². The number of imidazole rings is 2. The van der Waals surface area contributed by atoms with Crippen LogP contribution in [0.15, 0.2) is 97.1 Å². The van der Waals surface area contributed by atoms with Gasteiger partial charge in [0.05, 0.1) is 39.5 Å². The smallest absolute Gasteiger partial charge is 0.220 e. The summed E-state index contributed by atoms with van der Waals surface area (Å²) < 4.78 is 4.55. The van der Waals surface area contributed by atoms with E-state index >= 15 is 0 Å². The minimum Gasteiger partial charge on any atom is -0.398 e. The standard InChI is InChI=1S/C23H18N4.C10H8N2/c24-17-13-14-19(16-8-2-1-7-15(16)17)26-21-11-5-6-12-22(21)27-20-10-4-3-9-18(20)25-23(26)27;11-9-6-5-7-3-1-2-4-8(7)10(9)12/h1-2,4-8,10-14H,3,9,24H2;1-6,11-12H. The fraction of sp³-hybridized carbons (Fsp3) is 0.0606. The lowest BCUT2D eigenvalue weighted by molar-refractivity contribution is 0.940. The molecule has 0 amide bonds. The molecule has 2 aliphatic carbocycles. The molecular formula is C33H26N6. The predicted molar refractivity (Wildman–Crippen MR) is 161 cm³/mol. The van der Waals surface area contributed by atoms with Gasteiger partial charge in [-0.25, -0.2) is 4.98 Å². The Bertz CT molecular complexity index is 2020. The Balaban J connectivity index is 0.000000177. The van der Waals surface area contributed by atoms with E-state index in [0.717, 1.165) is 57.4 Å². The van der Waals surface area contributed by atoms with Gasteiger partial charge < -0.3 is 5.73 Å². The van der Waals surface area contributed by atoms with E-state index in [1.807, 2.05) is 42.5 Å². The van der Waals surface area contributed by atoms with Gasteiger partial charge in [-0.2, -0.15) is 0 Å². The average molecular weight is 507 g/mol. The maximum atomic E-state index is 7.60. The van der Waals surface area contributed by atoms with Gasteiger partial charge >= 0.3 is 0 Å². The molecule has 4 N–H and O–H groups in total. The quantitative estimate of drug-likeness (QED) is 0.208. The molecule has 0 radical (unpaired) electrons. The van der Waals surface area contributed by atoms with Crippen LogP contribution < -0.4 is 5.73 Å². The normalized spacial score (nSPS) is 13.9. The van der Waals surface area contributed by atoms with Gasteiger partial charge in [0.2, 0.25) is 5.78 Å². The third kappa shape index (κ3) is 3.61. The number of nitrogen functional groups attached to an aromatic ring is 1. The number of hydrogen-bond donors (Lipinski definition) is 3. The number of nitrogens with two attached hydrogens (primary N) is 1. The molecule has 0 aliphatic heterocycles. The number of aromatic nitrogens is 3. The molecule has 2 aliphatic rings. The van der Waals surface area contributed by atoms with Crippen LogP contribution in [0.5, 0.6) is 0 Å². The Morgan fingerprint density at radius 1 is 0.744 bits per heavy atom. The molecule has 0 spiro atoms. The molecule has 0 atom stereocenters. The second-order valence-corrected chi connectivity index (χ2v) is 9.77. The van der Waals surface area contributed by atoms with E-state index in [9.17, 15) is 0 Å². The predicted octanol–water partition coefficient (Wildman–Crippen LogP) is 7.07. The summed E-state index contributed by atoms with van der Waals surface area (Å²) in [5.41, 5.74) is 15.3. The highest BCUT2D eigenvalue weighted by molar-refractivity contribution is 6.52. The third-order valence-corrected chi connectivity index (χ3v) is 7.46. The molecule has 0 unspecified atom stereocenters. The molecule has 2 heterocycles. The van der Waals surface area contributed by atoms with Gasteiger partial charge in [0.25, 0.3) is 0 Å². The largest absolute Gasteiger partial charge is 0.398 e. The van der Waals surface area contributed by atoms with E-state index in [4.69, 9.17) is 21.5 Å². The van der Waals surface area contributed by atoms with Crippen molar-refractivity contribution in [3.8, 4) is 5.69 Å². The number of anilines is 1. The van der Waals surface area contributed by atoms with Crippen molar-refractivity contribution in [1.29, 1.82) is 10.8 Å². The molecular weight excluding hydrogens is 480 g/mol. The number of benzene rings is 4. The zero-order valence-electron chi connectivity index (χ0n) is 21.2. The van der Waals surface area contributed by atoms with Gasteiger partial charge in [0.15, 0.2) is 0 Å². The van der Waals surface area contributed by atoms with Crippen LogP contribution in [0.3, 0.4) is 0 Å². The van der Waals surface area contributed by atoms with Gasteiger partial charge in [-0.1, -0.05) is 72.8 Å². The van der Waals surface area contributed by atoms with Crippen molar-refractivity contribution in [1.82, 2.24) is 14.0 Å². The van der Waals surface area contributed by atoms with Gasteiger partial charge in [-0.3, -0.25) is 19.8 Å². The van der Waals surface area contributed by atoms with Crippen LogP contribution in [-0.2, 0) is 6.42 Å². The number of nitrogens with zero attached hydrogens (tertiary/aromatic N) is 3. The number of para-hydroxylation sites is 2. The summed E-state index contributed by atoms with van der Waals surface area (Å²) >= 11 is 0. The van der Waals surface area contributed by atoms with Gasteiger partial charge in [-0.15, -0.1) is 0 Å². The fourth-order valence-electron chi connectivity index (χ4n) is 5.58. The molecule has 0 saturated carbocycles. The number of aryl methyl sites for hydroxylation is 1. The Morgan fingerprint density at radius 2 is 1.49 bits per heavy atom. The third-order valence-electron chi connectivity index (χ3n) is 7.46. The van der Waals surface area contributed by atoms with Gasteiger partial charge in [0.1, 0.15) is 0 Å².